The van der Waals surface area contributed by atoms with Gasteiger partial charge in [0.1, 0.15) is 17.9 Å². The van der Waals surface area contributed by atoms with Gasteiger partial charge in [-0.3, -0.25) is 4.79 Å². The van der Waals surface area contributed by atoms with Crippen LogP contribution >= 0.6 is 0 Å². The van der Waals surface area contributed by atoms with Gasteiger partial charge in [0.25, 0.3) is 5.91 Å². The number of ether oxygens (including phenoxy) is 1. The molecule has 0 spiro atoms. The summed E-state index contributed by atoms with van der Waals surface area (Å²) in [6.07, 6.45) is 0. The third-order valence-corrected chi connectivity index (χ3v) is 4.84. The molecule has 4 heteroatoms. The summed E-state index contributed by atoms with van der Waals surface area (Å²) in [4.78, 5) is 12.5. The minimum absolute atomic E-state index is 0.235. The van der Waals surface area contributed by atoms with Crippen LogP contribution in [0.4, 0.5) is 0 Å². The van der Waals surface area contributed by atoms with E-state index >= 15 is 0 Å². The smallest absolute Gasteiger partial charge is 0.287 e. The fourth-order valence-corrected chi connectivity index (χ4v) is 3.41. The molecular formula is C24H23NO3. The number of nitrogens with one attached hydrogen (secondary N) is 1. The molecule has 142 valence electrons. The second-order valence-corrected chi connectivity index (χ2v) is 7.11. The lowest BCUT2D eigenvalue weighted by Crippen LogP contribution is -2.27. The molecule has 0 radical (unpaired) electrons. The predicted octanol–water partition coefficient (Wildman–Crippen LogP) is 5.52. The van der Waals surface area contributed by atoms with Crippen LogP contribution in [0.5, 0.6) is 5.75 Å². The van der Waals surface area contributed by atoms with Gasteiger partial charge < -0.3 is 14.5 Å². The molecule has 4 aromatic rings. The maximum Gasteiger partial charge on any atom is 0.287 e. The van der Waals surface area contributed by atoms with Gasteiger partial charge in [0, 0.05) is 5.39 Å². The summed E-state index contributed by atoms with van der Waals surface area (Å²) < 4.78 is 11.6. The summed E-state index contributed by atoms with van der Waals surface area (Å²) in [6, 6.07) is 21.8. The Labute approximate surface area is 164 Å². The zero-order valence-electron chi connectivity index (χ0n) is 16.1. The highest BCUT2D eigenvalue weighted by molar-refractivity contribution is 6.08. The Morgan fingerprint density at radius 1 is 1.00 bits per heavy atom. The van der Waals surface area contributed by atoms with Gasteiger partial charge >= 0.3 is 0 Å². The Morgan fingerprint density at radius 2 is 1.79 bits per heavy atom. The molecule has 28 heavy (non-hydrogen) atoms. The van der Waals surface area contributed by atoms with Gasteiger partial charge in [-0.1, -0.05) is 62.4 Å². The van der Waals surface area contributed by atoms with E-state index in [0.29, 0.717) is 30.4 Å². The SMILES string of the molecule is CC(C)c1ccccc1OCCNC(=O)c1cc2c(ccc3ccccc32)o1. The number of carbonyl (C=O) groups excluding carboxylic acids is 1. The molecule has 1 N–H and O–H groups in total. The summed E-state index contributed by atoms with van der Waals surface area (Å²) in [7, 11) is 0. The van der Waals surface area contributed by atoms with Crippen LogP contribution in [0, 0.1) is 0 Å². The van der Waals surface area contributed by atoms with Crippen molar-refractivity contribution in [2.75, 3.05) is 13.2 Å². The molecule has 0 aliphatic heterocycles. The number of hydrogen-bond acceptors (Lipinski definition) is 3. The quantitative estimate of drug-likeness (QED) is 0.453. The van der Waals surface area contributed by atoms with Crippen molar-refractivity contribution in [3.63, 3.8) is 0 Å². The van der Waals surface area contributed by atoms with E-state index in [4.69, 9.17) is 9.15 Å². The second-order valence-electron chi connectivity index (χ2n) is 7.11. The largest absolute Gasteiger partial charge is 0.491 e. The number of amides is 1. The topological polar surface area (TPSA) is 51.5 Å². The number of benzene rings is 3. The van der Waals surface area contributed by atoms with Crippen LogP contribution in [0.25, 0.3) is 21.7 Å². The monoisotopic (exact) mass is 373 g/mol. The van der Waals surface area contributed by atoms with E-state index in [1.54, 1.807) is 0 Å². The first-order valence-corrected chi connectivity index (χ1v) is 9.54. The maximum absolute atomic E-state index is 12.5. The average Bonchev–Trinajstić information content (AvgIpc) is 3.16. The number of fused-ring (bicyclic) bond motifs is 3. The second kappa shape index (κ2) is 7.77. The van der Waals surface area contributed by atoms with Crippen LogP contribution in [0.2, 0.25) is 0 Å². The van der Waals surface area contributed by atoms with Gasteiger partial charge in [-0.15, -0.1) is 0 Å². The zero-order chi connectivity index (χ0) is 19.5. The standard InChI is InChI=1S/C24H23NO3/c1-16(2)18-8-5-6-10-21(18)27-14-13-25-24(26)23-15-20-19-9-4-3-7-17(19)11-12-22(20)28-23/h3-12,15-16H,13-14H2,1-2H3,(H,25,26). The number of rotatable bonds is 6. The molecule has 0 bridgehead atoms. The molecule has 4 rings (SSSR count). The van der Waals surface area contributed by atoms with Crippen LogP contribution < -0.4 is 10.1 Å². The Kier molecular flexibility index (Phi) is 5.02. The molecule has 4 nitrogen and oxygen atoms in total. The molecule has 1 heterocycles. The van der Waals surface area contributed by atoms with Crippen molar-refractivity contribution < 1.29 is 13.9 Å². The van der Waals surface area contributed by atoms with Crippen molar-refractivity contribution in [1.82, 2.24) is 5.32 Å². The predicted molar refractivity (Wildman–Crippen MR) is 112 cm³/mol. The summed E-state index contributed by atoms with van der Waals surface area (Å²) in [5.41, 5.74) is 1.88. The molecule has 3 aromatic carbocycles. The molecule has 0 unspecified atom stereocenters. The van der Waals surface area contributed by atoms with Crippen molar-refractivity contribution in [3.8, 4) is 5.75 Å². The lowest BCUT2D eigenvalue weighted by atomic mass is 10.0. The van der Waals surface area contributed by atoms with E-state index in [0.717, 1.165) is 27.5 Å². The summed E-state index contributed by atoms with van der Waals surface area (Å²) in [6.45, 7) is 5.08. The normalized spacial score (nSPS) is 11.2. The van der Waals surface area contributed by atoms with Crippen LogP contribution in [-0.2, 0) is 0 Å². The molecular weight excluding hydrogens is 350 g/mol. The van der Waals surface area contributed by atoms with Gasteiger partial charge in [-0.2, -0.15) is 0 Å². The molecule has 0 saturated heterocycles. The highest BCUT2D eigenvalue weighted by atomic mass is 16.5. The van der Waals surface area contributed by atoms with E-state index in [9.17, 15) is 4.79 Å². The molecule has 1 amide bonds. The van der Waals surface area contributed by atoms with E-state index in [-0.39, 0.29) is 5.91 Å². The number of carbonyl (C=O) groups is 1. The van der Waals surface area contributed by atoms with Crippen LogP contribution in [0.3, 0.4) is 0 Å². The Bertz CT molecular complexity index is 1130. The maximum atomic E-state index is 12.5. The molecule has 0 saturated carbocycles. The Balaban J connectivity index is 1.41. The molecule has 0 aliphatic carbocycles. The lowest BCUT2D eigenvalue weighted by Gasteiger charge is -2.13. The van der Waals surface area contributed by atoms with Gasteiger partial charge in [-0.25, -0.2) is 0 Å². The fraction of sp³-hybridized carbons (Fsp3) is 0.208. The van der Waals surface area contributed by atoms with E-state index in [1.807, 2.05) is 60.7 Å². The van der Waals surface area contributed by atoms with Gasteiger partial charge in [0.05, 0.1) is 6.54 Å². The average molecular weight is 373 g/mol. The summed E-state index contributed by atoms with van der Waals surface area (Å²) >= 11 is 0. The Morgan fingerprint density at radius 3 is 2.64 bits per heavy atom. The van der Waals surface area contributed by atoms with Crippen LogP contribution in [-0.4, -0.2) is 19.1 Å². The van der Waals surface area contributed by atoms with Crippen molar-refractivity contribution in [1.29, 1.82) is 0 Å². The van der Waals surface area contributed by atoms with Gasteiger partial charge in [0.2, 0.25) is 0 Å². The molecule has 1 aromatic heterocycles. The van der Waals surface area contributed by atoms with Crippen molar-refractivity contribution in [3.05, 3.63) is 78.1 Å². The number of hydrogen-bond donors (Lipinski definition) is 1. The Hall–Kier alpha value is -3.27. The third kappa shape index (κ3) is 3.58. The molecule has 0 aliphatic rings. The molecule has 0 atom stereocenters. The van der Waals surface area contributed by atoms with Crippen molar-refractivity contribution in [2.24, 2.45) is 0 Å². The first-order valence-electron chi connectivity index (χ1n) is 9.54. The van der Waals surface area contributed by atoms with Crippen molar-refractivity contribution in [2.45, 2.75) is 19.8 Å². The highest BCUT2D eigenvalue weighted by Crippen LogP contribution is 2.28. The first-order chi connectivity index (χ1) is 13.6. The van der Waals surface area contributed by atoms with E-state index < -0.39 is 0 Å². The zero-order valence-corrected chi connectivity index (χ0v) is 16.1. The summed E-state index contributed by atoms with van der Waals surface area (Å²) in [5.74, 6) is 1.33. The van der Waals surface area contributed by atoms with Gasteiger partial charge in [-0.05, 0) is 40.5 Å². The minimum atomic E-state index is -0.235. The number of furan rings is 1. The minimum Gasteiger partial charge on any atom is -0.491 e. The van der Waals surface area contributed by atoms with E-state index in [1.165, 1.54) is 0 Å². The van der Waals surface area contributed by atoms with Gasteiger partial charge in [0.15, 0.2) is 5.76 Å². The molecule has 0 fully saturated rings. The van der Waals surface area contributed by atoms with Crippen molar-refractivity contribution >= 4 is 27.6 Å². The number of para-hydroxylation sites is 1. The van der Waals surface area contributed by atoms with Crippen LogP contribution in [0.15, 0.2) is 71.1 Å². The third-order valence-electron chi connectivity index (χ3n) is 4.84. The first kappa shape index (κ1) is 18.1. The summed E-state index contributed by atoms with van der Waals surface area (Å²) in [5, 5.41) is 6.02. The van der Waals surface area contributed by atoms with E-state index in [2.05, 4.69) is 25.2 Å². The fourth-order valence-electron chi connectivity index (χ4n) is 3.41. The highest BCUT2D eigenvalue weighted by Gasteiger charge is 2.14. The van der Waals surface area contributed by atoms with Crippen LogP contribution in [0.1, 0.15) is 35.9 Å². The lowest BCUT2D eigenvalue weighted by molar-refractivity contribution is 0.0921.